The van der Waals surface area contributed by atoms with Crippen molar-refractivity contribution in [3.8, 4) is 11.6 Å². The molecule has 3 aromatic rings. The van der Waals surface area contributed by atoms with Gasteiger partial charge in [-0.3, -0.25) is 9.59 Å². The fourth-order valence-corrected chi connectivity index (χ4v) is 3.55. The van der Waals surface area contributed by atoms with Crippen LogP contribution in [0, 0.1) is 11.7 Å². The predicted octanol–water partition coefficient (Wildman–Crippen LogP) is 3.77. The second kappa shape index (κ2) is 9.42. The zero-order valence-electron chi connectivity index (χ0n) is 16.8. The maximum Gasteiger partial charge on any atom is 0.289 e. The minimum Gasteiger partial charge on any atom is -0.459 e. The number of amides is 2. The summed E-state index contributed by atoms with van der Waals surface area (Å²) in [5, 5.41) is 2.91. The van der Waals surface area contributed by atoms with Crippen LogP contribution in [0.25, 0.3) is 0 Å². The molecule has 1 aliphatic rings. The molecule has 0 radical (unpaired) electrons. The second-order valence-corrected chi connectivity index (χ2v) is 7.31. The molecule has 2 aromatic heterocycles. The summed E-state index contributed by atoms with van der Waals surface area (Å²) in [6, 6.07) is 12.6. The Morgan fingerprint density at radius 2 is 2.13 bits per heavy atom. The predicted molar refractivity (Wildman–Crippen MR) is 110 cm³/mol. The first-order valence-corrected chi connectivity index (χ1v) is 10.1. The van der Waals surface area contributed by atoms with Crippen LogP contribution < -0.4 is 10.1 Å². The first-order valence-electron chi connectivity index (χ1n) is 10.1. The van der Waals surface area contributed by atoms with Gasteiger partial charge in [-0.2, -0.15) is 0 Å². The minimum absolute atomic E-state index is 0.141. The van der Waals surface area contributed by atoms with Crippen molar-refractivity contribution in [2.24, 2.45) is 5.92 Å². The van der Waals surface area contributed by atoms with E-state index in [2.05, 4.69) is 10.3 Å². The number of hydrogen-bond acceptors (Lipinski definition) is 5. The van der Waals surface area contributed by atoms with E-state index < -0.39 is 5.82 Å². The third kappa shape index (κ3) is 5.09. The molecule has 31 heavy (non-hydrogen) atoms. The van der Waals surface area contributed by atoms with Gasteiger partial charge in [0.05, 0.1) is 12.2 Å². The van der Waals surface area contributed by atoms with Gasteiger partial charge in [0.15, 0.2) is 5.76 Å². The number of pyridine rings is 1. The Bertz CT molecular complexity index is 1050. The van der Waals surface area contributed by atoms with Crippen molar-refractivity contribution in [2.45, 2.75) is 19.4 Å². The minimum atomic E-state index is -0.408. The summed E-state index contributed by atoms with van der Waals surface area (Å²) in [4.78, 5) is 31.1. The van der Waals surface area contributed by atoms with Gasteiger partial charge in [-0.05, 0) is 43.2 Å². The van der Waals surface area contributed by atoms with Crippen LogP contribution in [0.1, 0.15) is 29.0 Å². The summed E-state index contributed by atoms with van der Waals surface area (Å²) in [6.45, 7) is 1.14. The van der Waals surface area contributed by atoms with Gasteiger partial charge in [-0.25, -0.2) is 9.37 Å². The molecule has 0 aliphatic carbocycles. The number of likely N-dealkylation sites (tertiary alicyclic amines) is 1. The number of aromatic nitrogens is 1. The standard InChI is InChI=1S/C23H22FN3O4/c24-18-7-1-8-19(13-18)31-22-16(5-2-10-25-22)14-26-21(28)17-6-3-11-27(15-17)23(29)20-9-4-12-30-20/h1-2,4-5,7-10,12-13,17H,3,6,11,14-15H2,(H,26,28)/t17-/m1/s1. The van der Waals surface area contributed by atoms with Gasteiger partial charge in [0.25, 0.3) is 5.91 Å². The molecule has 0 saturated carbocycles. The molecule has 8 heteroatoms. The lowest BCUT2D eigenvalue weighted by molar-refractivity contribution is -0.126. The van der Waals surface area contributed by atoms with Crippen molar-refractivity contribution < 1.29 is 23.1 Å². The Labute approximate surface area is 178 Å². The van der Waals surface area contributed by atoms with Crippen LogP contribution in [0.2, 0.25) is 0 Å². The first-order chi connectivity index (χ1) is 15.1. The van der Waals surface area contributed by atoms with E-state index in [4.69, 9.17) is 9.15 Å². The Morgan fingerprint density at radius 3 is 2.94 bits per heavy atom. The molecule has 1 saturated heterocycles. The van der Waals surface area contributed by atoms with Crippen molar-refractivity contribution >= 4 is 11.8 Å². The van der Waals surface area contributed by atoms with Crippen LogP contribution >= 0.6 is 0 Å². The van der Waals surface area contributed by atoms with Crippen LogP contribution in [-0.4, -0.2) is 34.8 Å². The number of nitrogens with zero attached hydrogens (tertiary/aromatic N) is 2. The summed E-state index contributed by atoms with van der Waals surface area (Å²) >= 11 is 0. The average molecular weight is 423 g/mol. The normalized spacial score (nSPS) is 16.0. The van der Waals surface area contributed by atoms with Gasteiger partial charge in [0.1, 0.15) is 11.6 Å². The van der Waals surface area contributed by atoms with Crippen molar-refractivity contribution in [1.82, 2.24) is 15.2 Å². The van der Waals surface area contributed by atoms with E-state index in [1.165, 1.54) is 18.4 Å². The lowest BCUT2D eigenvalue weighted by atomic mass is 9.97. The van der Waals surface area contributed by atoms with E-state index >= 15 is 0 Å². The zero-order chi connectivity index (χ0) is 21.6. The number of halogens is 1. The largest absolute Gasteiger partial charge is 0.459 e. The molecule has 1 N–H and O–H groups in total. The third-order valence-corrected chi connectivity index (χ3v) is 5.12. The third-order valence-electron chi connectivity index (χ3n) is 5.12. The molecule has 0 bridgehead atoms. The summed E-state index contributed by atoms with van der Waals surface area (Å²) < 4.78 is 24.3. The fourth-order valence-electron chi connectivity index (χ4n) is 3.55. The van der Waals surface area contributed by atoms with Gasteiger partial charge in [0, 0.05) is 37.5 Å². The molecule has 2 amide bonds. The average Bonchev–Trinajstić information content (AvgIpc) is 3.33. The van der Waals surface area contributed by atoms with E-state index in [9.17, 15) is 14.0 Å². The molecular formula is C23H22FN3O4. The summed E-state index contributed by atoms with van der Waals surface area (Å²) in [5.41, 5.74) is 0.666. The second-order valence-electron chi connectivity index (χ2n) is 7.31. The topological polar surface area (TPSA) is 84.7 Å². The monoisotopic (exact) mass is 423 g/mol. The highest BCUT2D eigenvalue weighted by molar-refractivity contribution is 5.92. The van der Waals surface area contributed by atoms with Crippen LogP contribution in [0.5, 0.6) is 11.6 Å². The van der Waals surface area contributed by atoms with Crippen LogP contribution in [0.4, 0.5) is 4.39 Å². The zero-order valence-corrected chi connectivity index (χ0v) is 16.8. The number of nitrogens with one attached hydrogen (secondary N) is 1. The van der Waals surface area contributed by atoms with Gasteiger partial charge in [-0.15, -0.1) is 0 Å². The van der Waals surface area contributed by atoms with E-state index in [1.54, 1.807) is 47.5 Å². The maximum atomic E-state index is 13.4. The maximum absolute atomic E-state index is 13.4. The number of carbonyl (C=O) groups excluding carboxylic acids is 2. The lowest BCUT2D eigenvalue weighted by Gasteiger charge is -2.31. The lowest BCUT2D eigenvalue weighted by Crippen LogP contribution is -2.45. The molecule has 4 rings (SSSR count). The Balaban J connectivity index is 1.37. The van der Waals surface area contributed by atoms with Gasteiger partial charge >= 0.3 is 0 Å². The van der Waals surface area contributed by atoms with E-state index in [0.29, 0.717) is 36.7 Å². The number of furan rings is 1. The number of carbonyl (C=O) groups is 2. The highest BCUT2D eigenvalue weighted by Crippen LogP contribution is 2.24. The van der Waals surface area contributed by atoms with E-state index in [-0.39, 0.29) is 30.0 Å². The fraction of sp³-hybridized carbons (Fsp3) is 0.261. The molecule has 1 aliphatic heterocycles. The van der Waals surface area contributed by atoms with E-state index in [1.807, 2.05) is 0 Å². The molecule has 1 fully saturated rings. The molecule has 7 nitrogen and oxygen atoms in total. The van der Waals surface area contributed by atoms with Crippen molar-refractivity contribution in [3.63, 3.8) is 0 Å². The highest BCUT2D eigenvalue weighted by Gasteiger charge is 2.29. The molecular weight excluding hydrogens is 401 g/mol. The smallest absolute Gasteiger partial charge is 0.289 e. The molecule has 160 valence electrons. The Kier molecular flexibility index (Phi) is 6.26. The van der Waals surface area contributed by atoms with Crippen LogP contribution in [-0.2, 0) is 11.3 Å². The summed E-state index contributed by atoms with van der Waals surface area (Å²) in [6.07, 6.45) is 4.47. The van der Waals surface area contributed by atoms with Gasteiger partial charge in [-0.1, -0.05) is 12.1 Å². The molecule has 0 unspecified atom stereocenters. The number of piperidine rings is 1. The van der Waals surface area contributed by atoms with Crippen LogP contribution in [0.3, 0.4) is 0 Å². The summed E-state index contributed by atoms with van der Waals surface area (Å²) in [7, 11) is 0. The molecule has 3 heterocycles. The number of ether oxygens (including phenoxy) is 1. The van der Waals surface area contributed by atoms with Gasteiger partial charge < -0.3 is 19.4 Å². The number of hydrogen-bond donors (Lipinski definition) is 1. The molecule has 1 aromatic carbocycles. The molecule has 0 spiro atoms. The first kappa shape index (κ1) is 20.6. The van der Waals surface area contributed by atoms with Gasteiger partial charge in [0.2, 0.25) is 11.8 Å². The van der Waals surface area contributed by atoms with Crippen molar-refractivity contribution in [2.75, 3.05) is 13.1 Å². The van der Waals surface area contributed by atoms with Crippen molar-refractivity contribution in [3.05, 3.63) is 78.1 Å². The van der Waals surface area contributed by atoms with Crippen molar-refractivity contribution in [1.29, 1.82) is 0 Å². The summed E-state index contributed by atoms with van der Waals surface area (Å²) in [5.74, 6) is -0.169. The number of benzene rings is 1. The molecule has 1 atom stereocenters. The van der Waals surface area contributed by atoms with E-state index in [0.717, 1.165) is 6.42 Å². The number of rotatable bonds is 6. The Morgan fingerprint density at radius 1 is 1.23 bits per heavy atom. The highest BCUT2D eigenvalue weighted by atomic mass is 19.1. The Hall–Kier alpha value is -3.68. The SMILES string of the molecule is O=C(NCc1cccnc1Oc1cccc(F)c1)[C@@H]1CCCN(C(=O)c2ccco2)C1. The van der Waals surface area contributed by atoms with Crippen LogP contribution in [0.15, 0.2) is 65.4 Å². The quantitative estimate of drug-likeness (QED) is 0.652.